The minimum Gasteiger partial charge on any atom is -0.252 e. The van der Waals surface area contributed by atoms with Gasteiger partial charge in [0.1, 0.15) is 12.7 Å². The fourth-order valence-corrected chi connectivity index (χ4v) is 2.51. The molecule has 1 heterocycles. The maximum Gasteiger partial charge on any atom is 0.211 e. The number of hydrogen-bond acceptors (Lipinski definition) is 4. The van der Waals surface area contributed by atoms with Gasteiger partial charge in [0.2, 0.25) is 10.0 Å². The van der Waals surface area contributed by atoms with Crippen molar-refractivity contribution < 1.29 is 8.42 Å². The zero-order valence-electron chi connectivity index (χ0n) is 10.7. The van der Waals surface area contributed by atoms with Gasteiger partial charge in [-0.2, -0.15) is 9.40 Å². The first-order valence-corrected chi connectivity index (χ1v) is 7.72. The molecule has 102 valence electrons. The Hall–Kier alpha value is -1.73. The van der Waals surface area contributed by atoms with E-state index in [4.69, 9.17) is 0 Å². The molecule has 0 saturated carbocycles. The molecule has 2 rings (SSSR count). The van der Waals surface area contributed by atoms with Crippen LogP contribution < -0.4 is 0 Å². The van der Waals surface area contributed by atoms with Crippen molar-refractivity contribution in [1.29, 1.82) is 0 Å². The minimum atomic E-state index is -3.24. The molecular weight excluding hydrogens is 264 g/mol. The lowest BCUT2D eigenvalue weighted by molar-refractivity contribution is 0.381. The van der Waals surface area contributed by atoms with Crippen molar-refractivity contribution >= 4 is 10.0 Å². The third-order valence-electron chi connectivity index (χ3n) is 2.72. The molecule has 0 saturated heterocycles. The van der Waals surface area contributed by atoms with E-state index in [0.717, 1.165) is 5.56 Å². The molecule has 0 atom stereocenters. The third kappa shape index (κ3) is 4.15. The van der Waals surface area contributed by atoms with Crippen molar-refractivity contribution in [2.45, 2.75) is 13.1 Å². The predicted molar refractivity (Wildman–Crippen MR) is 71.7 cm³/mol. The largest absolute Gasteiger partial charge is 0.252 e. The second-order valence-electron chi connectivity index (χ2n) is 4.24. The molecule has 0 unspecified atom stereocenters. The smallest absolute Gasteiger partial charge is 0.211 e. The number of benzene rings is 1. The fraction of sp³-hybridized carbons (Fsp3) is 0.333. The molecule has 0 amide bonds. The van der Waals surface area contributed by atoms with Crippen LogP contribution in [0.15, 0.2) is 43.0 Å². The van der Waals surface area contributed by atoms with E-state index in [1.807, 2.05) is 30.3 Å². The maximum atomic E-state index is 11.8. The number of nitrogens with zero attached hydrogens (tertiary/aromatic N) is 4. The summed E-state index contributed by atoms with van der Waals surface area (Å²) in [6, 6.07) is 9.52. The van der Waals surface area contributed by atoms with Crippen molar-refractivity contribution in [1.82, 2.24) is 19.1 Å². The average molecular weight is 280 g/mol. The van der Waals surface area contributed by atoms with Crippen LogP contribution in [0, 0.1) is 0 Å². The van der Waals surface area contributed by atoms with Crippen LogP contribution in [0.1, 0.15) is 5.56 Å². The van der Waals surface area contributed by atoms with Crippen LogP contribution in [0.4, 0.5) is 0 Å². The van der Waals surface area contributed by atoms with Gasteiger partial charge < -0.3 is 0 Å². The molecule has 1 aromatic carbocycles. The molecule has 1 aromatic heterocycles. The quantitative estimate of drug-likeness (QED) is 0.782. The van der Waals surface area contributed by atoms with E-state index in [0.29, 0.717) is 19.6 Å². The van der Waals surface area contributed by atoms with Gasteiger partial charge in [-0.25, -0.2) is 13.4 Å². The lowest BCUT2D eigenvalue weighted by Gasteiger charge is -2.19. The molecule has 0 aliphatic heterocycles. The van der Waals surface area contributed by atoms with Crippen molar-refractivity contribution in [2.75, 3.05) is 12.8 Å². The number of sulfonamides is 1. The van der Waals surface area contributed by atoms with Crippen LogP contribution in [0.5, 0.6) is 0 Å². The predicted octanol–water partition coefficient (Wildman–Crippen LogP) is 0.740. The van der Waals surface area contributed by atoms with E-state index < -0.39 is 10.0 Å². The van der Waals surface area contributed by atoms with Crippen LogP contribution >= 0.6 is 0 Å². The van der Waals surface area contributed by atoms with E-state index in [2.05, 4.69) is 10.1 Å². The Bertz CT molecular complexity index is 596. The SMILES string of the molecule is CS(=O)(=O)N(CCn1cncn1)Cc1ccccc1. The van der Waals surface area contributed by atoms with Gasteiger partial charge in [-0.15, -0.1) is 0 Å². The third-order valence-corrected chi connectivity index (χ3v) is 3.97. The van der Waals surface area contributed by atoms with Gasteiger partial charge in [-0.1, -0.05) is 30.3 Å². The Balaban J connectivity index is 2.04. The number of hydrogen-bond donors (Lipinski definition) is 0. The Kier molecular flexibility index (Phi) is 4.28. The zero-order chi connectivity index (χ0) is 13.7. The van der Waals surface area contributed by atoms with Gasteiger partial charge in [0.25, 0.3) is 0 Å². The van der Waals surface area contributed by atoms with E-state index in [9.17, 15) is 8.42 Å². The first-order chi connectivity index (χ1) is 9.05. The summed E-state index contributed by atoms with van der Waals surface area (Å²) >= 11 is 0. The second-order valence-corrected chi connectivity index (χ2v) is 6.22. The molecule has 7 heteroatoms. The van der Waals surface area contributed by atoms with E-state index in [1.165, 1.54) is 16.9 Å². The number of aromatic nitrogens is 3. The summed E-state index contributed by atoms with van der Waals surface area (Å²) in [5, 5.41) is 3.96. The van der Waals surface area contributed by atoms with Crippen molar-refractivity contribution in [2.24, 2.45) is 0 Å². The highest BCUT2D eigenvalue weighted by atomic mass is 32.2. The lowest BCUT2D eigenvalue weighted by Crippen LogP contribution is -2.32. The molecule has 0 bridgehead atoms. The topological polar surface area (TPSA) is 68.1 Å². The Morgan fingerprint density at radius 3 is 2.58 bits per heavy atom. The highest BCUT2D eigenvalue weighted by Crippen LogP contribution is 2.08. The van der Waals surface area contributed by atoms with Crippen molar-refractivity contribution in [3.63, 3.8) is 0 Å². The molecule has 0 spiro atoms. The summed E-state index contributed by atoms with van der Waals surface area (Å²) in [7, 11) is -3.24. The highest BCUT2D eigenvalue weighted by molar-refractivity contribution is 7.88. The molecule has 0 aliphatic rings. The average Bonchev–Trinajstić information content (AvgIpc) is 2.87. The van der Waals surface area contributed by atoms with E-state index in [1.54, 1.807) is 11.0 Å². The minimum absolute atomic E-state index is 0.369. The van der Waals surface area contributed by atoms with Gasteiger partial charge in [-0.3, -0.25) is 4.68 Å². The molecule has 0 N–H and O–H groups in total. The normalized spacial score (nSPS) is 11.9. The van der Waals surface area contributed by atoms with E-state index in [-0.39, 0.29) is 0 Å². The maximum absolute atomic E-state index is 11.8. The molecule has 0 aliphatic carbocycles. The van der Waals surface area contributed by atoms with E-state index >= 15 is 0 Å². The fourth-order valence-electron chi connectivity index (χ4n) is 1.71. The highest BCUT2D eigenvalue weighted by Gasteiger charge is 2.16. The Morgan fingerprint density at radius 1 is 1.26 bits per heavy atom. The molecule has 0 radical (unpaired) electrons. The first-order valence-electron chi connectivity index (χ1n) is 5.87. The zero-order valence-corrected chi connectivity index (χ0v) is 11.5. The molecule has 19 heavy (non-hydrogen) atoms. The summed E-state index contributed by atoms with van der Waals surface area (Å²) < 4.78 is 26.6. The van der Waals surface area contributed by atoms with Crippen LogP contribution in [-0.2, 0) is 23.1 Å². The summed E-state index contributed by atoms with van der Waals surface area (Å²) in [5.41, 5.74) is 0.964. The number of rotatable bonds is 6. The molecular formula is C12H16N4O2S. The first kappa shape index (κ1) is 13.7. The monoisotopic (exact) mass is 280 g/mol. The summed E-state index contributed by atoms with van der Waals surface area (Å²) in [6.07, 6.45) is 4.22. The van der Waals surface area contributed by atoms with Gasteiger partial charge >= 0.3 is 0 Å². The Morgan fingerprint density at radius 2 is 2.00 bits per heavy atom. The van der Waals surface area contributed by atoms with Gasteiger partial charge in [0.05, 0.1) is 12.8 Å². The van der Waals surface area contributed by atoms with Gasteiger partial charge in [0, 0.05) is 13.1 Å². The summed E-state index contributed by atoms with van der Waals surface area (Å²) in [6.45, 7) is 1.23. The Labute approximate surface area is 112 Å². The second kappa shape index (κ2) is 5.94. The van der Waals surface area contributed by atoms with Crippen LogP contribution in [0.3, 0.4) is 0 Å². The molecule has 2 aromatic rings. The summed E-state index contributed by atoms with van der Waals surface area (Å²) in [4.78, 5) is 3.83. The lowest BCUT2D eigenvalue weighted by atomic mass is 10.2. The van der Waals surface area contributed by atoms with Crippen LogP contribution in [0.2, 0.25) is 0 Å². The van der Waals surface area contributed by atoms with Gasteiger partial charge in [-0.05, 0) is 5.56 Å². The molecule has 0 fully saturated rings. The molecule has 6 nitrogen and oxygen atoms in total. The van der Waals surface area contributed by atoms with Crippen LogP contribution in [-0.4, -0.2) is 40.3 Å². The van der Waals surface area contributed by atoms with Gasteiger partial charge in [0.15, 0.2) is 0 Å². The van der Waals surface area contributed by atoms with Crippen molar-refractivity contribution in [3.8, 4) is 0 Å². The summed E-state index contributed by atoms with van der Waals surface area (Å²) in [5.74, 6) is 0. The van der Waals surface area contributed by atoms with Crippen molar-refractivity contribution in [3.05, 3.63) is 48.5 Å². The standard InChI is InChI=1S/C12H16N4O2S/c1-19(17,18)16(8-7-15-11-13-10-14-15)9-12-5-3-2-4-6-12/h2-6,10-11H,7-9H2,1H3. The van der Waals surface area contributed by atoms with Crippen LogP contribution in [0.25, 0.3) is 0 Å².